The van der Waals surface area contributed by atoms with Gasteiger partial charge in [0.2, 0.25) is 5.88 Å². The molecule has 0 unspecified atom stereocenters. The van der Waals surface area contributed by atoms with Crippen LogP contribution in [-0.4, -0.2) is 16.3 Å². The summed E-state index contributed by atoms with van der Waals surface area (Å²) < 4.78 is 6.58. The molecular weight excluding hydrogens is 314 g/mol. The topological polar surface area (TPSA) is 42.4 Å². The number of thioether (sulfide) groups is 1. The molecule has 18 heavy (non-hydrogen) atoms. The Morgan fingerprint density at radius 1 is 1.39 bits per heavy atom. The van der Waals surface area contributed by atoms with Crippen LogP contribution >= 0.6 is 27.7 Å². The van der Waals surface area contributed by atoms with Gasteiger partial charge in [-0.05, 0) is 40.4 Å². The second-order valence-corrected chi connectivity index (χ2v) is 5.29. The largest absolute Gasteiger partial charge is 0.437 e. The third-order valence-electron chi connectivity index (χ3n) is 2.34. The van der Waals surface area contributed by atoms with Crippen LogP contribution in [0.2, 0.25) is 0 Å². The molecule has 2 aromatic rings. The lowest BCUT2D eigenvalue weighted by atomic mass is 10.3. The van der Waals surface area contributed by atoms with E-state index < -0.39 is 0 Å². The maximum atomic E-state index is 9.30. The fourth-order valence-corrected chi connectivity index (χ4v) is 2.39. The molecule has 0 aliphatic rings. The summed E-state index contributed by atoms with van der Waals surface area (Å²) in [5, 5.41) is 9.30. The number of hydrogen-bond donors (Lipinski definition) is 1. The quantitative estimate of drug-likeness (QED) is 0.867. The molecular formula is C13H12BrNO2S. The van der Waals surface area contributed by atoms with E-state index in [9.17, 15) is 5.11 Å². The molecule has 3 nitrogen and oxygen atoms in total. The van der Waals surface area contributed by atoms with E-state index in [1.165, 1.54) is 0 Å². The van der Waals surface area contributed by atoms with Crippen LogP contribution in [0.4, 0.5) is 0 Å². The highest BCUT2D eigenvalue weighted by molar-refractivity contribution is 9.10. The van der Waals surface area contributed by atoms with Crippen LogP contribution in [0.3, 0.4) is 0 Å². The fourth-order valence-electron chi connectivity index (χ4n) is 1.48. The number of aromatic nitrogens is 1. The lowest BCUT2D eigenvalue weighted by Gasteiger charge is -2.11. The zero-order chi connectivity index (χ0) is 13.0. The van der Waals surface area contributed by atoms with Gasteiger partial charge in [0.05, 0.1) is 6.61 Å². The Kier molecular flexibility index (Phi) is 4.63. The Morgan fingerprint density at radius 2 is 2.17 bits per heavy atom. The molecule has 1 N–H and O–H groups in total. The number of halogens is 1. The summed E-state index contributed by atoms with van der Waals surface area (Å²) >= 11 is 4.92. The van der Waals surface area contributed by atoms with E-state index in [0.29, 0.717) is 11.4 Å². The second-order valence-electron chi connectivity index (χ2n) is 3.53. The lowest BCUT2D eigenvalue weighted by Crippen LogP contribution is -1.95. The van der Waals surface area contributed by atoms with Gasteiger partial charge in [-0.15, -0.1) is 11.8 Å². The van der Waals surface area contributed by atoms with Gasteiger partial charge in [0.25, 0.3) is 0 Å². The summed E-state index contributed by atoms with van der Waals surface area (Å²) in [6.45, 7) is -0.108. The maximum Gasteiger partial charge on any atom is 0.224 e. The van der Waals surface area contributed by atoms with Crippen LogP contribution in [0, 0.1) is 0 Å². The molecule has 0 radical (unpaired) electrons. The molecule has 0 aliphatic carbocycles. The Hall–Kier alpha value is -1.04. The third kappa shape index (κ3) is 3.04. The van der Waals surface area contributed by atoms with Crippen LogP contribution in [0.25, 0.3) is 0 Å². The minimum Gasteiger partial charge on any atom is -0.437 e. The molecule has 1 heterocycles. The molecule has 0 saturated carbocycles. The number of benzene rings is 1. The molecule has 0 aliphatic heterocycles. The number of rotatable bonds is 4. The summed E-state index contributed by atoms with van der Waals surface area (Å²) in [6.07, 6.45) is 3.64. The predicted octanol–water partition coefficient (Wildman–Crippen LogP) is 3.85. The van der Waals surface area contributed by atoms with Gasteiger partial charge in [-0.1, -0.05) is 12.1 Å². The number of nitrogens with zero attached hydrogens (tertiary/aromatic N) is 1. The fraction of sp³-hybridized carbons (Fsp3) is 0.154. The van der Waals surface area contributed by atoms with Crippen molar-refractivity contribution in [2.24, 2.45) is 0 Å². The SMILES string of the molecule is CSc1ccccc1Oc1ncc(Br)cc1CO. The molecule has 1 aromatic heterocycles. The normalized spacial score (nSPS) is 10.4. The van der Waals surface area contributed by atoms with E-state index in [-0.39, 0.29) is 6.61 Å². The number of hydrogen-bond acceptors (Lipinski definition) is 4. The monoisotopic (exact) mass is 325 g/mol. The number of aliphatic hydroxyl groups is 1. The van der Waals surface area contributed by atoms with E-state index in [4.69, 9.17) is 4.74 Å². The number of aliphatic hydroxyl groups excluding tert-OH is 1. The first kappa shape index (κ1) is 13.4. The molecule has 5 heteroatoms. The number of ether oxygens (including phenoxy) is 1. The standard InChI is InChI=1S/C13H12BrNO2S/c1-18-12-5-3-2-4-11(12)17-13-9(8-16)6-10(14)7-15-13/h2-7,16H,8H2,1H3. The summed E-state index contributed by atoms with van der Waals surface area (Å²) in [6, 6.07) is 9.53. The number of pyridine rings is 1. The summed E-state index contributed by atoms with van der Waals surface area (Å²) in [4.78, 5) is 5.21. The molecule has 0 saturated heterocycles. The zero-order valence-corrected chi connectivity index (χ0v) is 12.2. The van der Waals surface area contributed by atoms with Crippen molar-refractivity contribution in [1.82, 2.24) is 4.98 Å². The van der Waals surface area contributed by atoms with Gasteiger partial charge in [-0.2, -0.15) is 0 Å². The molecule has 1 aromatic carbocycles. The van der Waals surface area contributed by atoms with Crippen molar-refractivity contribution < 1.29 is 9.84 Å². The van der Waals surface area contributed by atoms with Crippen LogP contribution < -0.4 is 4.74 Å². The molecule has 0 atom stereocenters. The average molecular weight is 326 g/mol. The first-order valence-electron chi connectivity index (χ1n) is 5.30. The van der Waals surface area contributed by atoms with E-state index >= 15 is 0 Å². The third-order valence-corrected chi connectivity index (χ3v) is 3.55. The van der Waals surface area contributed by atoms with Crippen molar-refractivity contribution >= 4 is 27.7 Å². The van der Waals surface area contributed by atoms with Crippen LogP contribution in [-0.2, 0) is 6.61 Å². The van der Waals surface area contributed by atoms with Crippen molar-refractivity contribution in [2.75, 3.05) is 6.26 Å². The van der Waals surface area contributed by atoms with Crippen molar-refractivity contribution in [1.29, 1.82) is 0 Å². The van der Waals surface area contributed by atoms with Gasteiger partial charge in [-0.3, -0.25) is 0 Å². The van der Waals surface area contributed by atoms with Crippen molar-refractivity contribution in [3.05, 3.63) is 46.6 Å². The van der Waals surface area contributed by atoms with E-state index in [0.717, 1.165) is 15.1 Å². The Bertz CT molecular complexity index is 548. The molecule has 0 fully saturated rings. The summed E-state index contributed by atoms with van der Waals surface area (Å²) in [5.41, 5.74) is 0.653. The maximum absolute atomic E-state index is 9.30. The lowest BCUT2D eigenvalue weighted by molar-refractivity contribution is 0.274. The minimum absolute atomic E-state index is 0.108. The minimum atomic E-state index is -0.108. The molecule has 0 bridgehead atoms. The average Bonchev–Trinajstić information content (AvgIpc) is 2.41. The molecule has 2 rings (SSSR count). The summed E-state index contributed by atoms with van der Waals surface area (Å²) in [7, 11) is 0. The van der Waals surface area contributed by atoms with Gasteiger partial charge in [0.1, 0.15) is 5.75 Å². The van der Waals surface area contributed by atoms with Crippen LogP contribution in [0.1, 0.15) is 5.56 Å². The van der Waals surface area contributed by atoms with E-state index in [1.54, 1.807) is 24.0 Å². The Morgan fingerprint density at radius 3 is 2.89 bits per heavy atom. The van der Waals surface area contributed by atoms with E-state index in [1.807, 2.05) is 30.5 Å². The smallest absolute Gasteiger partial charge is 0.224 e. The van der Waals surface area contributed by atoms with Crippen LogP contribution in [0.15, 0.2) is 45.9 Å². The molecule has 0 amide bonds. The molecule has 94 valence electrons. The highest BCUT2D eigenvalue weighted by atomic mass is 79.9. The predicted molar refractivity (Wildman–Crippen MR) is 76.2 cm³/mol. The van der Waals surface area contributed by atoms with Gasteiger partial charge < -0.3 is 9.84 Å². The van der Waals surface area contributed by atoms with Crippen molar-refractivity contribution in [2.45, 2.75) is 11.5 Å². The van der Waals surface area contributed by atoms with Crippen molar-refractivity contribution in [3.8, 4) is 11.6 Å². The van der Waals surface area contributed by atoms with Gasteiger partial charge in [-0.25, -0.2) is 4.98 Å². The van der Waals surface area contributed by atoms with Gasteiger partial charge >= 0.3 is 0 Å². The highest BCUT2D eigenvalue weighted by Crippen LogP contribution is 2.32. The van der Waals surface area contributed by atoms with Gasteiger partial charge in [0.15, 0.2) is 0 Å². The van der Waals surface area contributed by atoms with Gasteiger partial charge in [0, 0.05) is 21.1 Å². The summed E-state index contributed by atoms with van der Waals surface area (Å²) in [5.74, 6) is 1.18. The molecule has 0 spiro atoms. The Labute approximate surface area is 118 Å². The number of para-hydroxylation sites is 1. The second kappa shape index (κ2) is 6.22. The van der Waals surface area contributed by atoms with Crippen LogP contribution in [0.5, 0.6) is 11.6 Å². The van der Waals surface area contributed by atoms with Crippen molar-refractivity contribution in [3.63, 3.8) is 0 Å². The first-order valence-corrected chi connectivity index (χ1v) is 7.32. The zero-order valence-electron chi connectivity index (χ0n) is 9.76. The van der Waals surface area contributed by atoms with E-state index in [2.05, 4.69) is 20.9 Å². The Balaban J connectivity index is 2.33. The first-order chi connectivity index (χ1) is 8.74. The highest BCUT2D eigenvalue weighted by Gasteiger charge is 2.09.